The Bertz CT molecular complexity index is 627. The molecule has 4 aliphatic rings. The summed E-state index contributed by atoms with van der Waals surface area (Å²) in [5, 5.41) is 14.6. The second kappa shape index (κ2) is 8.23. The molecule has 0 radical (unpaired) electrons. The monoisotopic (exact) mass is 412 g/mol. The minimum absolute atomic E-state index is 0. The lowest BCUT2D eigenvalue weighted by Crippen LogP contribution is -2.56. The Balaban J connectivity index is 0.00000225. The Morgan fingerprint density at radius 1 is 1.18 bits per heavy atom. The molecule has 0 saturated heterocycles. The summed E-state index contributed by atoms with van der Waals surface area (Å²) in [5.41, 5.74) is 6.79. The van der Waals surface area contributed by atoms with Crippen LogP contribution in [0.3, 0.4) is 0 Å². The predicted octanol–water partition coefficient (Wildman–Crippen LogP) is 3.57. The molecule has 6 heteroatoms. The van der Waals surface area contributed by atoms with Crippen LogP contribution in [0.1, 0.15) is 65.2 Å². The topological polar surface area (TPSA) is 84.9 Å². The highest BCUT2D eigenvalue weighted by atomic mass is 35.5. The zero-order valence-corrected chi connectivity index (χ0v) is 18.2. The Hall–Kier alpha value is -0.650. The van der Waals surface area contributed by atoms with Gasteiger partial charge in [-0.15, -0.1) is 12.4 Å². The molecule has 160 valence electrons. The van der Waals surface area contributed by atoms with Crippen molar-refractivity contribution in [3.05, 3.63) is 0 Å². The number of carbonyl (C=O) groups excluding carboxylic acids is 1. The summed E-state index contributed by atoms with van der Waals surface area (Å²) in [6, 6.07) is 0. The van der Waals surface area contributed by atoms with E-state index in [9.17, 15) is 9.90 Å². The Morgan fingerprint density at radius 3 is 2.68 bits per heavy atom. The van der Waals surface area contributed by atoms with E-state index in [1.165, 1.54) is 6.42 Å². The minimum atomic E-state index is -0.0955. The van der Waals surface area contributed by atoms with Gasteiger partial charge in [0.25, 0.3) is 0 Å². The predicted molar refractivity (Wildman–Crippen MR) is 112 cm³/mol. The zero-order chi connectivity index (χ0) is 19.2. The average molecular weight is 413 g/mol. The molecule has 4 saturated carbocycles. The van der Waals surface area contributed by atoms with Gasteiger partial charge in [0.05, 0.1) is 5.71 Å². The Kier molecular flexibility index (Phi) is 6.48. The summed E-state index contributed by atoms with van der Waals surface area (Å²) in [6.07, 6.45) is 8.19. The summed E-state index contributed by atoms with van der Waals surface area (Å²) in [6.45, 7) is 5.89. The van der Waals surface area contributed by atoms with Crippen molar-refractivity contribution in [1.29, 1.82) is 0 Å². The molecule has 5 nitrogen and oxygen atoms in total. The molecule has 0 heterocycles. The zero-order valence-electron chi connectivity index (χ0n) is 17.4. The highest BCUT2D eigenvalue weighted by Gasteiger charge is 2.61. The van der Waals surface area contributed by atoms with Gasteiger partial charge in [-0.25, -0.2) is 0 Å². The van der Waals surface area contributed by atoms with E-state index < -0.39 is 0 Å². The van der Waals surface area contributed by atoms with Gasteiger partial charge in [-0.1, -0.05) is 19.0 Å². The van der Waals surface area contributed by atoms with Gasteiger partial charge in [-0.2, -0.15) is 0 Å². The first kappa shape index (κ1) is 22.0. The second-order valence-electron chi connectivity index (χ2n) is 10.1. The standard InChI is InChI=1S/C22H36N2O3.ClH/c1-21-7-5-15(24-27-10-9-23)12-19(21)14(13-25)11-16-17-3-4-20(26)22(17,2)8-6-18(16)21;/h14,16-19,25H,3-13,23H2,1-2H3;1H/b24-15-;/t14-,16-,17-,18-,19?,21+,22-;/m0./s1. The summed E-state index contributed by atoms with van der Waals surface area (Å²) in [4.78, 5) is 18.0. The fraction of sp³-hybridized carbons (Fsp3) is 0.909. The van der Waals surface area contributed by atoms with E-state index in [2.05, 4.69) is 19.0 Å². The van der Waals surface area contributed by atoms with E-state index in [1.54, 1.807) is 0 Å². The molecule has 4 rings (SSSR count). The third-order valence-corrected chi connectivity index (χ3v) is 9.03. The molecular formula is C22H37ClN2O3. The number of hydrogen-bond acceptors (Lipinski definition) is 5. The average Bonchev–Trinajstić information content (AvgIpc) is 2.96. The van der Waals surface area contributed by atoms with Crippen LogP contribution >= 0.6 is 12.4 Å². The number of nitrogens with two attached hydrogens (primary N) is 1. The first-order chi connectivity index (χ1) is 12.9. The van der Waals surface area contributed by atoms with Crippen molar-refractivity contribution in [1.82, 2.24) is 0 Å². The maximum absolute atomic E-state index is 12.6. The molecule has 0 spiro atoms. The first-order valence-electron chi connectivity index (χ1n) is 11.0. The number of oxime groups is 1. The largest absolute Gasteiger partial charge is 0.396 e. The lowest BCUT2D eigenvalue weighted by atomic mass is 9.43. The number of Topliss-reactive ketones (excluding diaryl/α,β-unsaturated/α-hetero) is 1. The number of ketones is 1. The van der Waals surface area contributed by atoms with Crippen molar-refractivity contribution in [2.24, 2.45) is 51.3 Å². The fourth-order valence-corrected chi connectivity index (χ4v) is 7.55. The minimum Gasteiger partial charge on any atom is -0.396 e. The van der Waals surface area contributed by atoms with Gasteiger partial charge in [0.15, 0.2) is 0 Å². The molecule has 3 N–H and O–H groups in total. The number of halogens is 1. The third-order valence-electron chi connectivity index (χ3n) is 9.03. The Labute approximate surface area is 175 Å². The second-order valence-corrected chi connectivity index (χ2v) is 10.1. The molecular weight excluding hydrogens is 376 g/mol. The summed E-state index contributed by atoms with van der Waals surface area (Å²) >= 11 is 0. The number of hydrogen-bond donors (Lipinski definition) is 2. The molecule has 0 aromatic heterocycles. The number of aliphatic hydroxyl groups is 1. The van der Waals surface area contributed by atoms with E-state index in [-0.39, 0.29) is 29.8 Å². The summed E-state index contributed by atoms with van der Waals surface area (Å²) in [5.74, 6) is 3.09. The van der Waals surface area contributed by atoms with Gasteiger partial charge < -0.3 is 15.7 Å². The lowest BCUT2D eigenvalue weighted by molar-refractivity contribution is -0.145. The van der Waals surface area contributed by atoms with E-state index >= 15 is 0 Å². The number of nitrogens with zero attached hydrogens (tertiary/aromatic N) is 1. The van der Waals surface area contributed by atoms with Crippen molar-refractivity contribution in [3.63, 3.8) is 0 Å². The molecule has 1 unspecified atom stereocenters. The SMILES string of the molecule is C[C@]12CC/C(=N/OCCN)CC1[C@H](CO)C[C@@H]1[C@@H]2CC[C@]2(C)C(=O)CC[C@@H]12.Cl. The number of aliphatic hydroxyl groups excluding tert-OH is 1. The number of rotatable bonds is 4. The first-order valence-corrected chi connectivity index (χ1v) is 11.0. The van der Waals surface area contributed by atoms with Crippen LogP contribution in [0.15, 0.2) is 5.16 Å². The summed E-state index contributed by atoms with van der Waals surface area (Å²) < 4.78 is 0. The van der Waals surface area contributed by atoms with Crippen molar-refractivity contribution in [2.75, 3.05) is 19.8 Å². The highest BCUT2D eigenvalue weighted by Crippen LogP contribution is 2.66. The highest BCUT2D eigenvalue weighted by molar-refractivity contribution is 5.87. The van der Waals surface area contributed by atoms with Crippen LogP contribution in [0.4, 0.5) is 0 Å². The molecule has 7 atom stereocenters. The maximum atomic E-state index is 12.6. The van der Waals surface area contributed by atoms with Gasteiger partial charge in [0.1, 0.15) is 12.4 Å². The van der Waals surface area contributed by atoms with E-state index in [4.69, 9.17) is 10.6 Å². The lowest BCUT2D eigenvalue weighted by Gasteiger charge is -2.61. The van der Waals surface area contributed by atoms with Crippen molar-refractivity contribution in [3.8, 4) is 0 Å². The molecule has 28 heavy (non-hydrogen) atoms. The van der Waals surface area contributed by atoms with Crippen LogP contribution in [0, 0.1) is 40.4 Å². The van der Waals surface area contributed by atoms with Crippen LogP contribution in [0.2, 0.25) is 0 Å². The van der Waals surface area contributed by atoms with Crippen LogP contribution in [0.25, 0.3) is 0 Å². The Morgan fingerprint density at radius 2 is 1.96 bits per heavy atom. The molecule has 0 aromatic rings. The number of carbonyl (C=O) groups is 1. The van der Waals surface area contributed by atoms with Gasteiger partial charge in [0.2, 0.25) is 0 Å². The molecule has 4 fully saturated rings. The molecule has 0 amide bonds. The maximum Gasteiger partial charge on any atom is 0.139 e. The summed E-state index contributed by atoms with van der Waals surface area (Å²) in [7, 11) is 0. The van der Waals surface area contributed by atoms with Crippen LogP contribution in [-0.2, 0) is 9.63 Å². The van der Waals surface area contributed by atoms with Gasteiger partial charge in [-0.3, -0.25) is 4.79 Å². The van der Waals surface area contributed by atoms with Crippen LogP contribution in [-0.4, -0.2) is 36.4 Å². The van der Waals surface area contributed by atoms with E-state index in [0.29, 0.717) is 48.5 Å². The molecule has 0 bridgehead atoms. The van der Waals surface area contributed by atoms with Gasteiger partial charge in [-0.05, 0) is 80.0 Å². The fourth-order valence-electron chi connectivity index (χ4n) is 7.55. The molecule has 0 aromatic carbocycles. The van der Waals surface area contributed by atoms with Gasteiger partial charge >= 0.3 is 0 Å². The smallest absolute Gasteiger partial charge is 0.139 e. The van der Waals surface area contributed by atoms with Gasteiger partial charge in [0, 0.05) is 25.0 Å². The number of fused-ring (bicyclic) bond motifs is 5. The van der Waals surface area contributed by atoms with Crippen molar-refractivity contribution < 1.29 is 14.7 Å². The quantitative estimate of drug-likeness (QED) is 0.546. The van der Waals surface area contributed by atoms with Crippen LogP contribution in [0.5, 0.6) is 0 Å². The molecule has 0 aliphatic heterocycles. The molecule has 4 aliphatic carbocycles. The van der Waals surface area contributed by atoms with Crippen molar-refractivity contribution in [2.45, 2.75) is 65.2 Å². The van der Waals surface area contributed by atoms with E-state index in [1.807, 2.05) is 0 Å². The van der Waals surface area contributed by atoms with Crippen molar-refractivity contribution >= 4 is 23.9 Å². The third kappa shape index (κ3) is 3.31. The van der Waals surface area contributed by atoms with Crippen LogP contribution < -0.4 is 5.73 Å². The normalized spacial score (nSPS) is 46.4. The van der Waals surface area contributed by atoms with E-state index in [0.717, 1.165) is 50.7 Å².